The molecule has 15 heavy (non-hydrogen) atoms. The predicted molar refractivity (Wildman–Crippen MR) is 66.5 cm³/mol. The Hall–Kier alpha value is -0.290. The number of halogens is 2. The van der Waals surface area contributed by atoms with Crippen molar-refractivity contribution in [3.8, 4) is 0 Å². The summed E-state index contributed by atoms with van der Waals surface area (Å²) in [7, 11) is 0. The number of rotatable bonds is 2. The van der Waals surface area contributed by atoms with Crippen LogP contribution in [-0.4, -0.2) is 0 Å². The molecule has 2 N–H and O–H groups in total. The van der Waals surface area contributed by atoms with Crippen molar-refractivity contribution in [2.45, 2.75) is 13.0 Å². The third kappa shape index (κ3) is 2.28. The van der Waals surface area contributed by atoms with Crippen molar-refractivity contribution in [1.29, 1.82) is 0 Å². The fraction of sp³-hybridized carbons (Fsp3) is 0.200. The summed E-state index contributed by atoms with van der Waals surface area (Å²) < 4.78 is 6.38. The quantitative estimate of drug-likeness (QED) is 0.906. The van der Waals surface area contributed by atoms with Crippen molar-refractivity contribution in [2.24, 2.45) is 5.73 Å². The molecule has 0 fully saturated rings. The minimum Gasteiger partial charge on any atom is -0.448 e. The van der Waals surface area contributed by atoms with E-state index in [1.165, 1.54) is 5.56 Å². The van der Waals surface area contributed by atoms with Gasteiger partial charge in [0, 0.05) is 4.88 Å². The van der Waals surface area contributed by atoms with Crippen molar-refractivity contribution < 1.29 is 4.42 Å². The SMILES string of the molecule is Cc1cc(C(N)c2ccc(Cl)o2)sc1Br. The molecule has 1 atom stereocenters. The molecule has 2 heterocycles. The zero-order chi connectivity index (χ0) is 11.0. The topological polar surface area (TPSA) is 39.2 Å². The standard InChI is InChI=1S/C10H9BrClNOS/c1-5-4-7(15-10(5)11)9(13)6-2-3-8(12)14-6/h2-4,9H,13H2,1H3. The van der Waals surface area contributed by atoms with Crippen LogP contribution in [0.4, 0.5) is 0 Å². The minimum absolute atomic E-state index is 0.243. The smallest absolute Gasteiger partial charge is 0.193 e. The van der Waals surface area contributed by atoms with Crippen LogP contribution in [0.2, 0.25) is 5.22 Å². The molecule has 2 rings (SSSR count). The summed E-state index contributed by atoms with van der Waals surface area (Å²) in [6.07, 6.45) is 0. The Morgan fingerprint density at radius 3 is 2.73 bits per heavy atom. The van der Waals surface area contributed by atoms with E-state index in [9.17, 15) is 0 Å². The molecular formula is C10H9BrClNOS. The zero-order valence-corrected chi connectivity index (χ0v) is 11.1. The monoisotopic (exact) mass is 305 g/mol. The van der Waals surface area contributed by atoms with E-state index in [-0.39, 0.29) is 6.04 Å². The first-order chi connectivity index (χ1) is 7.08. The molecule has 5 heteroatoms. The maximum absolute atomic E-state index is 6.05. The van der Waals surface area contributed by atoms with E-state index in [1.54, 1.807) is 23.5 Å². The average molecular weight is 307 g/mol. The molecular weight excluding hydrogens is 298 g/mol. The number of nitrogens with two attached hydrogens (primary N) is 1. The van der Waals surface area contributed by atoms with Crippen LogP contribution in [0, 0.1) is 6.92 Å². The normalized spacial score (nSPS) is 13.1. The van der Waals surface area contributed by atoms with Gasteiger partial charge in [0.05, 0.1) is 9.83 Å². The minimum atomic E-state index is -0.243. The molecule has 0 amide bonds. The van der Waals surface area contributed by atoms with Crippen molar-refractivity contribution in [3.63, 3.8) is 0 Å². The Balaban J connectivity index is 2.31. The molecule has 0 aliphatic carbocycles. The van der Waals surface area contributed by atoms with Gasteiger partial charge >= 0.3 is 0 Å². The second-order valence-corrected chi connectivity index (χ2v) is 6.00. The third-order valence-corrected chi connectivity index (χ3v) is 4.51. The maximum Gasteiger partial charge on any atom is 0.193 e. The van der Waals surface area contributed by atoms with E-state index >= 15 is 0 Å². The van der Waals surface area contributed by atoms with Gasteiger partial charge in [-0.3, -0.25) is 0 Å². The van der Waals surface area contributed by atoms with Crippen LogP contribution in [0.25, 0.3) is 0 Å². The Labute approximate surface area is 105 Å². The van der Waals surface area contributed by atoms with Crippen LogP contribution in [-0.2, 0) is 0 Å². The summed E-state index contributed by atoms with van der Waals surface area (Å²) in [5, 5.41) is 0.368. The first-order valence-corrected chi connectivity index (χ1v) is 6.33. The van der Waals surface area contributed by atoms with Gasteiger partial charge in [-0.2, -0.15) is 0 Å². The molecule has 2 aromatic rings. The molecule has 0 bridgehead atoms. The summed E-state index contributed by atoms with van der Waals surface area (Å²) >= 11 is 10.8. The molecule has 0 saturated carbocycles. The molecule has 2 nitrogen and oxygen atoms in total. The number of hydrogen-bond acceptors (Lipinski definition) is 3. The van der Waals surface area contributed by atoms with E-state index in [1.807, 2.05) is 6.92 Å². The summed E-state index contributed by atoms with van der Waals surface area (Å²) in [5.74, 6) is 0.689. The van der Waals surface area contributed by atoms with E-state index in [4.69, 9.17) is 21.8 Å². The Kier molecular flexibility index (Phi) is 3.21. The van der Waals surface area contributed by atoms with Gasteiger partial charge in [0.15, 0.2) is 5.22 Å². The summed E-state index contributed by atoms with van der Waals surface area (Å²) in [6, 6.07) is 5.31. The first kappa shape index (κ1) is 11.2. The van der Waals surface area contributed by atoms with Crippen molar-refractivity contribution >= 4 is 38.9 Å². The molecule has 0 saturated heterocycles. The van der Waals surface area contributed by atoms with Crippen molar-refractivity contribution in [3.05, 3.63) is 43.4 Å². The molecule has 0 radical (unpaired) electrons. The van der Waals surface area contributed by atoms with Gasteiger partial charge in [-0.05, 0) is 58.2 Å². The second kappa shape index (κ2) is 4.29. The number of aryl methyl sites for hydroxylation is 1. The van der Waals surface area contributed by atoms with Gasteiger partial charge in [-0.1, -0.05) is 0 Å². The highest BCUT2D eigenvalue weighted by Crippen LogP contribution is 2.34. The fourth-order valence-electron chi connectivity index (χ4n) is 1.27. The van der Waals surface area contributed by atoms with E-state index in [0.29, 0.717) is 11.0 Å². The molecule has 2 aromatic heterocycles. The molecule has 0 aromatic carbocycles. The van der Waals surface area contributed by atoms with Crippen LogP contribution in [0.15, 0.2) is 26.4 Å². The van der Waals surface area contributed by atoms with Gasteiger partial charge < -0.3 is 10.2 Å². The highest BCUT2D eigenvalue weighted by atomic mass is 79.9. The number of thiophene rings is 1. The molecule has 80 valence electrons. The summed E-state index contributed by atoms with van der Waals surface area (Å²) in [5.41, 5.74) is 7.23. The van der Waals surface area contributed by atoms with Crippen LogP contribution in [0.5, 0.6) is 0 Å². The Bertz CT molecular complexity index is 460. The number of hydrogen-bond donors (Lipinski definition) is 1. The van der Waals surface area contributed by atoms with Gasteiger partial charge in [0.1, 0.15) is 5.76 Å². The lowest BCUT2D eigenvalue weighted by atomic mass is 10.2. The molecule has 0 spiro atoms. The first-order valence-electron chi connectivity index (χ1n) is 4.34. The fourth-order valence-corrected chi connectivity index (χ4v) is 3.01. The maximum atomic E-state index is 6.05. The van der Waals surface area contributed by atoms with Crippen LogP contribution < -0.4 is 5.73 Å². The molecule has 0 aliphatic heterocycles. The lowest BCUT2D eigenvalue weighted by Crippen LogP contribution is -2.08. The van der Waals surface area contributed by atoms with E-state index < -0.39 is 0 Å². The zero-order valence-electron chi connectivity index (χ0n) is 7.96. The average Bonchev–Trinajstić information content (AvgIpc) is 2.74. The van der Waals surface area contributed by atoms with Crippen LogP contribution in [0.1, 0.15) is 22.2 Å². The van der Waals surface area contributed by atoms with E-state index in [0.717, 1.165) is 8.66 Å². The van der Waals surface area contributed by atoms with E-state index in [2.05, 4.69) is 22.0 Å². The number of furan rings is 1. The molecule has 1 unspecified atom stereocenters. The van der Waals surface area contributed by atoms with Crippen molar-refractivity contribution in [1.82, 2.24) is 0 Å². The van der Waals surface area contributed by atoms with Gasteiger partial charge in [0.25, 0.3) is 0 Å². The van der Waals surface area contributed by atoms with Gasteiger partial charge in [-0.25, -0.2) is 0 Å². The van der Waals surface area contributed by atoms with Gasteiger partial charge in [-0.15, -0.1) is 11.3 Å². The summed E-state index contributed by atoms with van der Waals surface area (Å²) in [6.45, 7) is 2.03. The third-order valence-electron chi connectivity index (χ3n) is 2.08. The molecule has 0 aliphatic rings. The lowest BCUT2D eigenvalue weighted by molar-refractivity contribution is 0.493. The highest BCUT2D eigenvalue weighted by molar-refractivity contribution is 9.11. The largest absolute Gasteiger partial charge is 0.448 e. The predicted octanol–water partition coefficient (Wildman–Crippen LogP) is 4.11. The van der Waals surface area contributed by atoms with Crippen LogP contribution in [0.3, 0.4) is 0 Å². The van der Waals surface area contributed by atoms with Crippen LogP contribution >= 0.6 is 38.9 Å². The highest BCUT2D eigenvalue weighted by Gasteiger charge is 2.16. The second-order valence-electron chi connectivity index (χ2n) is 3.23. The van der Waals surface area contributed by atoms with Crippen molar-refractivity contribution in [2.75, 3.05) is 0 Å². The van der Waals surface area contributed by atoms with Gasteiger partial charge in [0.2, 0.25) is 0 Å². The Morgan fingerprint density at radius 1 is 1.53 bits per heavy atom. The lowest BCUT2D eigenvalue weighted by Gasteiger charge is -2.04. The summed E-state index contributed by atoms with van der Waals surface area (Å²) in [4.78, 5) is 1.06. The Morgan fingerprint density at radius 2 is 2.27 bits per heavy atom.